The van der Waals surface area contributed by atoms with E-state index in [0.29, 0.717) is 9.41 Å². The molecule has 0 radical (unpaired) electrons. The van der Waals surface area contributed by atoms with E-state index in [-0.39, 0.29) is 0 Å². The molecule has 4 aromatic rings. The quantitative estimate of drug-likeness (QED) is 0.447. The smallest absolute Gasteiger partial charge is 0.175 e. The van der Waals surface area contributed by atoms with Gasteiger partial charge in [0.05, 0.1) is 15.7 Å². The molecule has 3 aromatic heterocycles. The molecule has 3 heterocycles. The molecular formula is C14H9N3S3. The third kappa shape index (κ3) is 1.59. The average molecular weight is 315 g/mol. The van der Waals surface area contributed by atoms with Crippen molar-refractivity contribution in [2.75, 3.05) is 0 Å². The van der Waals surface area contributed by atoms with Crippen LogP contribution in [0.25, 0.3) is 31.3 Å². The number of fused-ring (bicyclic) bond motifs is 4. The highest BCUT2D eigenvalue weighted by atomic mass is 32.1. The number of nitrogens with one attached hydrogen (secondary N) is 2. The molecule has 0 aliphatic heterocycles. The van der Waals surface area contributed by atoms with Crippen molar-refractivity contribution in [3.8, 4) is 0 Å². The van der Waals surface area contributed by atoms with E-state index in [1.165, 1.54) is 5.56 Å². The second-order valence-corrected chi connectivity index (χ2v) is 6.46. The van der Waals surface area contributed by atoms with E-state index >= 15 is 0 Å². The minimum atomic E-state index is 0.551. The van der Waals surface area contributed by atoms with Gasteiger partial charge in [-0.2, -0.15) is 0 Å². The summed E-state index contributed by atoms with van der Waals surface area (Å²) in [6.07, 6.45) is 0. The molecule has 98 valence electrons. The van der Waals surface area contributed by atoms with Crippen molar-refractivity contribution < 1.29 is 0 Å². The van der Waals surface area contributed by atoms with Crippen LogP contribution in [0.3, 0.4) is 0 Å². The highest BCUT2D eigenvalue weighted by Crippen LogP contribution is 2.36. The van der Waals surface area contributed by atoms with E-state index in [9.17, 15) is 0 Å². The van der Waals surface area contributed by atoms with Crippen LogP contribution in [0, 0.1) is 16.3 Å². The van der Waals surface area contributed by atoms with Gasteiger partial charge in [0.25, 0.3) is 0 Å². The molecule has 0 unspecified atom stereocenters. The first kappa shape index (κ1) is 12.1. The van der Waals surface area contributed by atoms with Crippen LogP contribution in [0.1, 0.15) is 5.56 Å². The van der Waals surface area contributed by atoms with Gasteiger partial charge >= 0.3 is 0 Å². The number of hydrogen-bond acceptors (Lipinski definition) is 4. The maximum atomic E-state index is 5.37. The Bertz CT molecular complexity index is 1100. The van der Waals surface area contributed by atoms with Crippen molar-refractivity contribution in [2.45, 2.75) is 6.92 Å². The van der Waals surface area contributed by atoms with Crippen LogP contribution in [0.5, 0.6) is 0 Å². The molecule has 0 fully saturated rings. The summed E-state index contributed by atoms with van der Waals surface area (Å²) in [6, 6.07) is 8.17. The van der Waals surface area contributed by atoms with E-state index in [1.807, 2.05) is 18.2 Å². The first-order chi connectivity index (χ1) is 9.65. The normalized spacial score (nSPS) is 11.7. The molecule has 0 aliphatic rings. The molecular weight excluding hydrogens is 306 g/mol. The van der Waals surface area contributed by atoms with Crippen LogP contribution in [0.2, 0.25) is 0 Å². The molecule has 4 rings (SSSR count). The van der Waals surface area contributed by atoms with E-state index in [1.54, 1.807) is 11.3 Å². The van der Waals surface area contributed by atoms with Gasteiger partial charge in [-0.15, -0.1) is 11.3 Å². The van der Waals surface area contributed by atoms with Crippen LogP contribution in [0.4, 0.5) is 0 Å². The van der Waals surface area contributed by atoms with E-state index in [4.69, 9.17) is 29.4 Å². The Hall–Kier alpha value is -1.63. The molecule has 0 saturated heterocycles. The molecule has 0 aliphatic carbocycles. The number of nitrogens with zero attached hydrogens (tertiary/aromatic N) is 1. The second-order valence-electron chi connectivity index (χ2n) is 4.65. The molecule has 0 saturated carbocycles. The molecule has 6 heteroatoms. The van der Waals surface area contributed by atoms with Gasteiger partial charge in [-0.05, 0) is 30.8 Å². The molecule has 0 spiro atoms. The standard InChI is InChI=1S/C14H9N3S3/c1-6-7-4-2-3-5-8(7)15-13-9(6)10-11(20-13)12(18)17-14(19)16-10/h2-5H,1H3,(H2,16,17,18,19). The zero-order chi connectivity index (χ0) is 13.9. The summed E-state index contributed by atoms with van der Waals surface area (Å²) in [7, 11) is 0. The minimum Gasteiger partial charge on any atom is -0.331 e. The topological polar surface area (TPSA) is 44.5 Å². The van der Waals surface area contributed by atoms with Crippen molar-refractivity contribution in [2.24, 2.45) is 0 Å². The van der Waals surface area contributed by atoms with Crippen LogP contribution in [-0.2, 0) is 0 Å². The number of aryl methyl sites for hydroxylation is 1. The van der Waals surface area contributed by atoms with Crippen LogP contribution in [0.15, 0.2) is 24.3 Å². The summed E-state index contributed by atoms with van der Waals surface area (Å²) >= 11 is 12.2. The van der Waals surface area contributed by atoms with Crippen LogP contribution in [-0.4, -0.2) is 15.0 Å². The van der Waals surface area contributed by atoms with Crippen molar-refractivity contribution in [3.05, 3.63) is 39.2 Å². The number of aromatic amines is 2. The lowest BCUT2D eigenvalue weighted by atomic mass is 10.1. The Balaban J connectivity index is 2.39. The summed E-state index contributed by atoms with van der Waals surface area (Å²) in [5.41, 5.74) is 3.22. The summed E-state index contributed by atoms with van der Waals surface area (Å²) < 4.78 is 2.24. The van der Waals surface area contributed by atoms with Crippen molar-refractivity contribution >= 4 is 67.1 Å². The summed E-state index contributed by atoms with van der Waals surface area (Å²) in [5.74, 6) is 0. The summed E-state index contributed by atoms with van der Waals surface area (Å²) in [6.45, 7) is 2.12. The minimum absolute atomic E-state index is 0.551. The Kier molecular flexibility index (Phi) is 2.54. The van der Waals surface area contributed by atoms with Gasteiger partial charge in [0, 0.05) is 10.8 Å². The number of rotatable bonds is 0. The number of para-hydroxylation sites is 1. The van der Waals surface area contributed by atoms with Gasteiger partial charge in [-0.25, -0.2) is 4.98 Å². The van der Waals surface area contributed by atoms with E-state index in [0.717, 1.165) is 31.3 Å². The molecule has 0 bridgehead atoms. The van der Waals surface area contributed by atoms with E-state index in [2.05, 4.69) is 23.0 Å². The third-order valence-corrected chi connectivity index (χ3v) is 5.21. The maximum absolute atomic E-state index is 5.37. The Morgan fingerprint density at radius 3 is 2.80 bits per heavy atom. The monoisotopic (exact) mass is 315 g/mol. The van der Waals surface area contributed by atoms with Gasteiger partial charge in [0.1, 0.15) is 9.47 Å². The number of benzene rings is 1. The van der Waals surface area contributed by atoms with Gasteiger partial charge < -0.3 is 9.97 Å². The summed E-state index contributed by atoms with van der Waals surface area (Å²) in [4.78, 5) is 12.0. The number of H-pyrrole nitrogens is 2. The van der Waals surface area contributed by atoms with Crippen molar-refractivity contribution in [3.63, 3.8) is 0 Å². The van der Waals surface area contributed by atoms with Crippen LogP contribution >= 0.6 is 35.8 Å². The third-order valence-electron chi connectivity index (χ3n) is 3.47. The first-order valence-corrected chi connectivity index (χ1v) is 7.72. The molecule has 1 aromatic carbocycles. The Labute approximate surface area is 128 Å². The SMILES string of the molecule is Cc1c2ccccc2nc2sc3c(=S)[nH]c(=S)[nH]c3c12. The lowest BCUT2D eigenvalue weighted by molar-refractivity contribution is 1.18. The predicted octanol–water partition coefficient (Wildman–Crippen LogP) is 5.03. The van der Waals surface area contributed by atoms with Gasteiger partial charge in [-0.1, -0.05) is 30.4 Å². The van der Waals surface area contributed by atoms with E-state index < -0.39 is 0 Å². The fourth-order valence-corrected chi connectivity index (χ4v) is 4.25. The highest BCUT2D eigenvalue weighted by Gasteiger charge is 2.13. The van der Waals surface area contributed by atoms with Crippen molar-refractivity contribution in [1.29, 1.82) is 0 Å². The fraction of sp³-hybridized carbons (Fsp3) is 0.0714. The molecule has 3 nitrogen and oxygen atoms in total. The van der Waals surface area contributed by atoms with Crippen LogP contribution < -0.4 is 0 Å². The largest absolute Gasteiger partial charge is 0.331 e. The molecule has 20 heavy (non-hydrogen) atoms. The summed E-state index contributed by atoms with van der Waals surface area (Å²) in [5, 5.41) is 2.28. The number of thiophene rings is 1. The molecule has 0 atom stereocenters. The molecule has 0 amide bonds. The predicted molar refractivity (Wildman–Crippen MR) is 89.7 cm³/mol. The first-order valence-electron chi connectivity index (χ1n) is 6.09. The lowest BCUT2D eigenvalue weighted by Gasteiger charge is -2.03. The Morgan fingerprint density at radius 1 is 1.15 bits per heavy atom. The maximum Gasteiger partial charge on any atom is 0.175 e. The second kappa shape index (κ2) is 4.18. The van der Waals surface area contributed by atoms with Gasteiger partial charge in [0.2, 0.25) is 0 Å². The number of pyridine rings is 1. The molecule has 2 N–H and O–H groups in total. The zero-order valence-corrected chi connectivity index (χ0v) is 12.9. The number of aromatic nitrogens is 3. The zero-order valence-electron chi connectivity index (χ0n) is 10.5. The van der Waals surface area contributed by atoms with Gasteiger partial charge in [-0.3, -0.25) is 0 Å². The van der Waals surface area contributed by atoms with Gasteiger partial charge in [0.15, 0.2) is 4.77 Å². The number of hydrogen-bond donors (Lipinski definition) is 2. The highest BCUT2D eigenvalue weighted by molar-refractivity contribution is 7.72. The average Bonchev–Trinajstić information content (AvgIpc) is 2.78. The van der Waals surface area contributed by atoms with Crippen molar-refractivity contribution in [1.82, 2.24) is 15.0 Å². The lowest BCUT2D eigenvalue weighted by Crippen LogP contribution is -1.86. The Morgan fingerprint density at radius 2 is 1.95 bits per heavy atom. The fourth-order valence-electron chi connectivity index (χ4n) is 2.56.